The van der Waals surface area contributed by atoms with Crippen LogP contribution in [0.5, 0.6) is 0 Å². The third-order valence-corrected chi connectivity index (χ3v) is 3.23. The summed E-state index contributed by atoms with van der Waals surface area (Å²) in [5.74, 6) is 0.211. The molecule has 0 atom stereocenters. The number of nitrogen functional groups attached to an aromatic ring is 1. The molecule has 3 N–H and O–H groups in total. The first-order chi connectivity index (χ1) is 9.58. The normalized spacial score (nSPS) is 10.9. The molecule has 6 heteroatoms. The summed E-state index contributed by atoms with van der Waals surface area (Å²) in [4.78, 5) is 12.3. The minimum atomic E-state index is -0.273. The van der Waals surface area contributed by atoms with Crippen molar-refractivity contribution in [3.05, 3.63) is 41.8 Å². The Balaban J connectivity index is 1.97. The predicted molar refractivity (Wildman–Crippen MR) is 76.5 cm³/mol. The van der Waals surface area contributed by atoms with E-state index in [9.17, 15) is 4.79 Å². The molecule has 0 aliphatic heterocycles. The number of aryl methyl sites for hydroxylation is 2. The quantitative estimate of drug-likeness (QED) is 0.748. The lowest BCUT2D eigenvalue weighted by Crippen LogP contribution is -2.15. The Morgan fingerprint density at radius 2 is 2.15 bits per heavy atom. The van der Waals surface area contributed by atoms with Crippen molar-refractivity contribution in [3.63, 3.8) is 0 Å². The highest BCUT2D eigenvalue weighted by atomic mass is 16.3. The van der Waals surface area contributed by atoms with Crippen molar-refractivity contribution in [3.8, 4) is 0 Å². The molecule has 1 amide bonds. The minimum absolute atomic E-state index is 0.273. The van der Waals surface area contributed by atoms with Gasteiger partial charge in [0.1, 0.15) is 11.8 Å². The number of fused-ring (bicyclic) bond motifs is 1. The van der Waals surface area contributed by atoms with E-state index in [4.69, 9.17) is 10.2 Å². The van der Waals surface area contributed by atoms with Crippen LogP contribution in [0.25, 0.3) is 11.0 Å². The number of nitrogens with one attached hydrogen (secondary N) is 1. The number of carbonyl (C=O) groups excluding carboxylic acids is 1. The second kappa shape index (κ2) is 4.41. The molecule has 0 saturated carbocycles. The largest absolute Gasteiger partial charge is 0.463 e. The molecule has 0 bridgehead atoms. The molecule has 0 aliphatic carbocycles. The zero-order chi connectivity index (χ0) is 14.3. The molecule has 0 unspecified atom stereocenters. The van der Waals surface area contributed by atoms with Gasteiger partial charge in [-0.2, -0.15) is 5.10 Å². The number of furan rings is 1. The Hall–Kier alpha value is -2.76. The molecule has 0 radical (unpaired) electrons. The number of hydrogen-bond donors (Lipinski definition) is 2. The van der Waals surface area contributed by atoms with Crippen LogP contribution in [0.4, 0.5) is 11.5 Å². The van der Waals surface area contributed by atoms with Crippen molar-refractivity contribution >= 4 is 28.4 Å². The van der Waals surface area contributed by atoms with Crippen LogP contribution in [0.15, 0.2) is 34.9 Å². The van der Waals surface area contributed by atoms with Gasteiger partial charge in [0.15, 0.2) is 5.82 Å². The molecule has 1 aromatic carbocycles. The van der Waals surface area contributed by atoms with Crippen molar-refractivity contribution in [2.75, 3.05) is 11.1 Å². The highest BCUT2D eigenvalue weighted by molar-refractivity contribution is 6.12. The Morgan fingerprint density at radius 3 is 2.85 bits per heavy atom. The first-order valence-corrected chi connectivity index (χ1v) is 6.14. The first-order valence-electron chi connectivity index (χ1n) is 6.14. The van der Waals surface area contributed by atoms with Gasteiger partial charge in [0, 0.05) is 12.4 Å². The van der Waals surface area contributed by atoms with E-state index in [1.54, 1.807) is 18.7 Å². The van der Waals surface area contributed by atoms with E-state index in [1.165, 1.54) is 6.26 Å². The van der Waals surface area contributed by atoms with Crippen molar-refractivity contribution < 1.29 is 9.21 Å². The van der Waals surface area contributed by atoms with Crippen molar-refractivity contribution in [2.24, 2.45) is 7.05 Å². The SMILES string of the molecule is Cc1nn(C)c(NC(=O)c2coc3ccccc23)c1N. The van der Waals surface area contributed by atoms with Gasteiger partial charge in [-0.3, -0.25) is 9.48 Å². The number of anilines is 2. The van der Waals surface area contributed by atoms with Gasteiger partial charge in [-0.05, 0) is 13.0 Å². The van der Waals surface area contributed by atoms with Gasteiger partial charge < -0.3 is 15.5 Å². The molecule has 6 nitrogen and oxygen atoms in total. The maximum absolute atomic E-state index is 12.3. The van der Waals surface area contributed by atoms with Crippen LogP contribution in [0.2, 0.25) is 0 Å². The molecule has 0 aliphatic rings. The number of para-hydroxylation sites is 1. The highest BCUT2D eigenvalue weighted by Gasteiger charge is 2.17. The van der Waals surface area contributed by atoms with Gasteiger partial charge in [0.2, 0.25) is 0 Å². The lowest BCUT2D eigenvalue weighted by atomic mass is 10.1. The fraction of sp³-hybridized carbons (Fsp3) is 0.143. The van der Waals surface area contributed by atoms with Crippen LogP contribution >= 0.6 is 0 Å². The van der Waals surface area contributed by atoms with Gasteiger partial charge in [-0.25, -0.2) is 0 Å². The average molecular weight is 270 g/mol. The number of nitrogens with two attached hydrogens (primary N) is 1. The number of nitrogens with zero attached hydrogens (tertiary/aromatic N) is 2. The van der Waals surface area contributed by atoms with E-state index in [2.05, 4.69) is 10.4 Å². The lowest BCUT2D eigenvalue weighted by molar-refractivity contribution is 0.102. The fourth-order valence-electron chi connectivity index (χ4n) is 2.15. The lowest BCUT2D eigenvalue weighted by Gasteiger charge is -2.05. The number of aromatic nitrogens is 2. The third kappa shape index (κ3) is 1.82. The first kappa shape index (κ1) is 12.3. The molecule has 102 valence electrons. The third-order valence-electron chi connectivity index (χ3n) is 3.23. The zero-order valence-corrected chi connectivity index (χ0v) is 11.2. The zero-order valence-electron chi connectivity index (χ0n) is 11.2. The molecule has 2 heterocycles. The van der Waals surface area contributed by atoms with Crippen LogP contribution in [0.3, 0.4) is 0 Å². The molecule has 0 fully saturated rings. The van der Waals surface area contributed by atoms with E-state index in [-0.39, 0.29) is 5.91 Å². The molecule has 0 spiro atoms. The van der Waals surface area contributed by atoms with Crippen LogP contribution in [-0.4, -0.2) is 15.7 Å². The summed E-state index contributed by atoms with van der Waals surface area (Å²) in [5, 5.41) is 7.70. The van der Waals surface area contributed by atoms with E-state index in [0.717, 1.165) is 5.39 Å². The summed E-state index contributed by atoms with van der Waals surface area (Å²) >= 11 is 0. The van der Waals surface area contributed by atoms with Gasteiger partial charge in [-0.1, -0.05) is 18.2 Å². The number of rotatable bonds is 2. The van der Waals surface area contributed by atoms with Crippen molar-refractivity contribution in [1.82, 2.24) is 9.78 Å². The van der Waals surface area contributed by atoms with Crippen molar-refractivity contribution in [2.45, 2.75) is 6.92 Å². The molecule has 3 aromatic rings. The number of amides is 1. The monoisotopic (exact) mass is 270 g/mol. The van der Waals surface area contributed by atoms with E-state index in [0.29, 0.717) is 28.3 Å². The Morgan fingerprint density at radius 1 is 1.40 bits per heavy atom. The van der Waals surface area contributed by atoms with Gasteiger partial charge in [-0.15, -0.1) is 0 Å². The van der Waals surface area contributed by atoms with Crippen LogP contribution in [-0.2, 0) is 7.05 Å². The average Bonchev–Trinajstić information content (AvgIpc) is 2.96. The number of hydrogen-bond acceptors (Lipinski definition) is 4. The smallest absolute Gasteiger partial charge is 0.260 e. The highest BCUT2D eigenvalue weighted by Crippen LogP contribution is 2.24. The predicted octanol–water partition coefficient (Wildman–Crippen LogP) is 2.31. The molecule has 20 heavy (non-hydrogen) atoms. The Kier molecular flexibility index (Phi) is 2.71. The fourth-order valence-corrected chi connectivity index (χ4v) is 2.15. The maximum Gasteiger partial charge on any atom is 0.260 e. The Labute approximate surface area is 115 Å². The number of carbonyl (C=O) groups is 1. The second-order valence-electron chi connectivity index (χ2n) is 4.57. The summed E-state index contributed by atoms with van der Waals surface area (Å²) in [5.41, 5.74) is 8.19. The second-order valence-corrected chi connectivity index (χ2v) is 4.57. The van der Waals surface area contributed by atoms with E-state index >= 15 is 0 Å². The van der Waals surface area contributed by atoms with E-state index in [1.807, 2.05) is 24.3 Å². The summed E-state index contributed by atoms with van der Waals surface area (Å²) in [6, 6.07) is 7.37. The summed E-state index contributed by atoms with van der Waals surface area (Å²) in [7, 11) is 1.73. The van der Waals surface area contributed by atoms with E-state index < -0.39 is 0 Å². The topological polar surface area (TPSA) is 86.1 Å². The summed E-state index contributed by atoms with van der Waals surface area (Å²) < 4.78 is 6.91. The standard InChI is InChI=1S/C14H14N4O2/c1-8-12(15)13(18(2)17-8)16-14(19)10-7-20-11-6-4-3-5-9(10)11/h3-7H,15H2,1-2H3,(H,16,19). The van der Waals surface area contributed by atoms with Crippen molar-refractivity contribution in [1.29, 1.82) is 0 Å². The molecular formula is C14H14N4O2. The summed E-state index contributed by atoms with van der Waals surface area (Å²) in [6.45, 7) is 1.79. The van der Waals surface area contributed by atoms with Crippen LogP contribution in [0.1, 0.15) is 16.1 Å². The molecule has 3 rings (SSSR count). The van der Waals surface area contributed by atoms with Crippen LogP contribution < -0.4 is 11.1 Å². The molecule has 0 saturated heterocycles. The molecular weight excluding hydrogens is 256 g/mol. The minimum Gasteiger partial charge on any atom is -0.463 e. The van der Waals surface area contributed by atoms with Gasteiger partial charge >= 0.3 is 0 Å². The van der Waals surface area contributed by atoms with Gasteiger partial charge in [0.25, 0.3) is 5.91 Å². The molecule has 2 aromatic heterocycles. The number of benzene rings is 1. The Bertz CT molecular complexity index is 801. The van der Waals surface area contributed by atoms with Crippen LogP contribution in [0, 0.1) is 6.92 Å². The van der Waals surface area contributed by atoms with Gasteiger partial charge in [0.05, 0.1) is 16.9 Å². The maximum atomic E-state index is 12.3. The summed E-state index contributed by atoms with van der Waals surface area (Å²) in [6.07, 6.45) is 1.44.